The largest absolute Gasteiger partial charge is 0.493 e. The highest BCUT2D eigenvalue weighted by atomic mass is 35.5. The topological polar surface area (TPSA) is 30.8 Å². The van der Waals surface area contributed by atoms with Crippen LogP contribution >= 0.6 is 22.9 Å². The van der Waals surface area contributed by atoms with Crippen LogP contribution in [-0.4, -0.2) is 26.5 Å². The van der Waals surface area contributed by atoms with E-state index < -0.39 is 0 Å². The van der Waals surface area contributed by atoms with Gasteiger partial charge in [-0.2, -0.15) is 0 Å². The number of methoxy groups -OCH3 is 2. The van der Waals surface area contributed by atoms with Crippen molar-refractivity contribution in [3.63, 3.8) is 0 Å². The molecule has 0 saturated carbocycles. The fraction of sp³-hybridized carbons (Fsp3) is 0.211. The van der Waals surface area contributed by atoms with Crippen LogP contribution in [0.2, 0.25) is 5.02 Å². The Labute approximate surface area is 149 Å². The molecular formula is C19H16ClNO2S. The molecule has 1 aromatic heterocycles. The maximum absolute atomic E-state index is 6.66. The predicted octanol–water partition coefficient (Wildman–Crippen LogP) is 4.97. The second-order valence-corrected chi connectivity index (χ2v) is 7.02. The van der Waals surface area contributed by atoms with Crippen molar-refractivity contribution in [2.75, 3.05) is 20.8 Å². The maximum Gasteiger partial charge on any atom is 0.161 e. The minimum atomic E-state index is 0.711. The molecule has 1 aliphatic heterocycles. The summed E-state index contributed by atoms with van der Waals surface area (Å²) in [6.45, 7) is 0.752. The number of hydrogen-bond acceptors (Lipinski definition) is 4. The molecule has 0 unspecified atom stereocenters. The first kappa shape index (κ1) is 15.5. The lowest BCUT2D eigenvalue weighted by atomic mass is 9.95. The van der Waals surface area contributed by atoms with Crippen LogP contribution in [0.4, 0.5) is 0 Å². The van der Waals surface area contributed by atoms with Crippen molar-refractivity contribution in [2.24, 2.45) is 4.99 Å². The minimum absolute atomic E-state index is 0.711. The summed E-state index contributed by atoms with van der Waals surface area (Å²) in [7, 11) is 3.31. The number of ether oxygens (including phenoxy) is 2. The van der Waals surface area contributed by atoms with E-state index in [9.17, 15) is 0 Å². The van der Waals surface area contributed by atoms with E-state index >= 15 is 0 Å². The van der Waals surface area contributed by atoms with Crippen LogP contribution in [0.3, 0.4) is 0 Å². The molecular weight excluding hydrogens is 342 g/mol. The van der Waals surface area contributed by atoms with Gasteiger partial charge in [0.1, 0.15) is 0 Å². The molecule has 2 aromatic carbocycles. The van der Waals surface area contributed by atoms with Crippen LogP contribution in [-0.2, 0) is 6.42 Å². The van der Waals surface area contributed by atoms with Gasteiger partial charge in [0.15, 0.2) is 11.5 Å². The number of benzene rings is 2. The fourth-order valence-corrected chi connectivity index (χ4v) is 4.63. The first-order valence-electron chi connectivity index (χ1n) is 7.70. The van der Waals surface area contributed by atoms with Crippen LogP contribution in [0.25, 0.3) is 10.1 Å². The van der Waals surface area contributed by atoms with E-state index in [0.717, 1.165) is 45.3 Å². The normalized spacial score (nSPS) is 13.5. The number of aliphatic imine (C=N–C) groups is 1. The lowest BCUT2D eigenvalue weighted by molar-refractivity contribution is 0.354. The molecule has 4 rings (SSSR count). The Balaban J connectivity index is 1.91. The minimum Gasteiger partial charge on any atom is -0.493 e. The lowest BCUT2D eigenvalue weighted by Crippen LogP contribution is -2.14. The van der Waals surface area contributed by atoms with Gasteiger partial charge in [-0.15, -0.1) is 11.3 Å². The first-order chi connectivity index (χ1) is 11.7. The summed E-state index contributed by atoms with van der Waals surface area (Å²) in [5, 5.41) is 1.85. The zero-order chi connectivity index (χ0) is 16.7. The third-order valence-corrected chi connectivity index (χ3v) is 5.95. The van der Waals surface area contributed by atoms with Gasteiger partial charge >= 0.3 is 0 Å². The van der Waals surface area contributed by atoms with E-state index in [-0.39, 0.29) is 0 Å². The summed E-state index contributed by atoms with van der Waals surface area (Å²) in [6, 6.07) is 12.2. The van der Waals surface area contributed by atoms with Gasteiger partial charge in [0.25, 0.3) is 0 Å². The van der Waals surface area contributed by atoms with E-state index in [4.69, 9.17) is 26.1 Å². The van der Waals surface area contributed by atoms with Gasteiger partial charge in [-0.3, -0.25) is 4.99 Å². The van der Waals surface area contributed by atoms with Gasteiger partial charge in [-0.25, -0.2) is 0 Å². The lowest BCUT2D eigenvalue weighted by Gasteiger charge is -2.19. The molecule has 0 spiro atoms. The van der Waals surface area contributed by atoms with Crippen LogP contribution < -0.4 is 9.47 Å². The Morgan fingerprint density at radius 2 is 1.83 bits per heavy atom. The molecule has 0 fully saturated rings. The summed E-state index contributed by atoms with van der Waals surface area (Å²) < 4.78 is 12.1. The zero-order valence-corrected chi connectivity index (χ0v) is 15.0. The van der Waals surface area contributed by atoms with Gasteiger partial charge in [-0.05, 0) is 30.2 Å². The van der Waals surface area contributed by atoms with Crippen LogP contribution in [0.15, 0.2) is 41.4 Å². The second kappa shape index (κ2) is 6.11. The van der Waals surface area contributed by atoms with Gasteiger partial charge in [-0.1, -0.05) is 29.8 Å². The van der Waals surface area contributed by atoms with Crippen LogP contribution in [0.5, 0.6) is 11.5 Å². The zero-order valence-electron chi connectivity index (χ0n) is 13.4. The van der Waals surface area contributed by atoms with Crippen molar-refractivity contribution in [1.82, 2.24) is 0 Å². The standard InChI is InChI=1S/C19H16ClNO2S/c1-22-14-9-11-7-8-21-18(13(11)10-15(14)23-2)19-17(20)12-5-3-4-6-16(12)24-19/h3-6,9-10H,7-8H2,1-2H3. The fourth-order valence-electron chi connectivity index (χ4n) is 3.08. The molecule has 122 valence electrons. The van der Waals surface area contributed by atoms with E-state index in [1.807, 2.05) is 24.3 Å². The molecule has 0 radical (unpaired) electrons. The van der Waals surface area contributed by atoms with Crippen molar-refractivity contribution in [2.45, 2.75) is 6.42 Å². The summed E-state index contributed by atoms with van der Waals surface area (Å²) >= 11 is 8.35. The maximum atomic E-state index is 6.66. The molecule has 1 aliphatic rings. The van der Waals surface area contributed by atoms with Crippen molar-refractivity contribution < 1.29 is 9.47 Å². The van der Waals surface area contributed by atoms with Gasteiger partial charge in [0.2, 0.25) is 0 Å². The third-order valence-electron chi connectivity index (χ3n) is 4.27. The van der Waals surface area contributed by atoms with E-state index in [0.29, 0.717) is 5.75 Å². The molecule has 3 aromatic rings. The van der Waals surface area contributed by atoms with Crippen molar-refractivity contribution in [1.29, 1.82) is 0 Å². The van der Waals surface area contributed by atoms with Crippen molar-refractivity contribution in [3.8, 4) is 11.5 Å². The molecule has 0 N–H and O–H groups in total. The molecule has 0 saturated heterocycles. The van der Waals surface area contributed by atoms with Crippen LogP contribution in [0, 0.1) is 0 Å². The number of nitrogens with zero attached hydrogens (tertiary/aromatic N) is 1. The SMILES string of the molecule is COc1cc2c(cc1OC)C(c1sc3ccccc3c1Cl)=NCC2. The summed E-state index contributed by atoms with van der Waals surface area (Å²) in [5.41, 5.74) is 3.24. The van der Waals surface area contributed by atoms with Crippen molar-refractivity contribution in [3.05, 3.63) is 57.4 Å². The molecule has 2 heterocycles. The molecule has 0 atom stereocenters. The van der Waals surface area contributed by atoms with Gasteiger partial charge in [0.05, 0.1) is 29.8 Å². The van der Waals surface area contributed by atoms with Gasteiger partial charge in [0, 0.05) is 22.2 Å². The summed E-state index contributed by atoms with van der Waals surface area (Å²) in [6.07, 6.45) is 0.891. The molecule has 5 heteroatoms. The molecule has 24 heavy (non-hydrogen) atoms. The monoisotopic (exact) mass is 357 g/mol. The Bertz CT molecular complexity index is 961. The van der Waals surface area contributed by atoms with Gasteiger partial charge < -0.3 is 9.47 Å². The summed E-state index contributed by atoms with van der Waals surface area (Å²) in [4.78, 5) is 5.79. The Hall–Kier alpha value is -2.04. The Morgan fingerprint density at radius 3 is 2.58 bits per heavy atom. The first-order valence-corrected chi connectivity index (χ1v) is 8.89. The van der Waals surface area contributed by atoms with E-state index in [1.54, 1.807) is 25.6 Å². The Kier molecular flexibility index (Phi) is 3.94. The van der Waals surface area contributed by atoms with Crippen LogP contribution in [0.1, 0.15) is 16.0 Å². The highest BCUT2D eigenvalue weighted by Crippen LogP contribution is 2.40. The number of fused-ring (bicyclic) bond motifs is 2. The number of hydrogen-bond donors (Lipinski definition) is 0. The average Bonchev–Trinajstić information content (AvgIpc) is 2.97. The predicted molar refractivity (Wildman–Crippen MR) is 101 cm³/mol. The molecule has 3 nitrogen and oxygen atoms in total. The van der Waals surface area contributed by atoms with Crippen molar-refractivity contribution >= 4 is 38.7 Å². The molecule has 0 amide bonds. The summed E-state index contributed by atoms with van der Waals surface area (Å²) in [5.74, 6) is 1.46. The smallest absolute Gasteiger partial charge is 0.161 e. The molecule has 0 bridgehead atoms. The second-order valence-electron chi connectivity index (χ2n) is 5.59. The highest BCUT2D eigenvalue weighted by Gasteiger charge is 2.23. The quantitative estimate of drug-likeness (QED) is 0.663. The number of thiophene rings is 1. The third kappa shape index (κ3) is 2.38. The number of rotatable bonds is 3. The average molecular weight is 358 g/mol. The highest BCUT2D eigenvalue weighted by molar-refractivity contribution is 7.21. The van der Waals surface area contributed by atoms with E-state index in [1.165, 1.54) is 10.3 Å². The Morgan fingerprint density at radius 1 is 1.08 bits per heavy atom. The molecule has 0 aliphatic carbocycles. The number of halogens is 1. The van der Waals surface area contributed by atoms with E-state index in [2.05, 4.69) is 12.1 Å².